The van der Waals surface area contributed by atoms with Crippen LogP contribution in [0.5, 0.6) is 0 Å². The second kappa shape index (κ2) is 7.51. The number of hydrogen-bond donors (Lipinski definition) is 1. The summed E-state index contributed by atoms with van der Waals surface area (Å²) in [5.41, 5.74) is 5.07. The minimum atomic E-state index is -0.350. The Morgan fingerprint density at radius 2 is 1.70 bits per heavy atom. The molecule has 0 aliphatic heterocycles. The molecule has 0 unspecified atom stereocenters. The largest absolute Gasteiger partial charge is 0.318 e. The zero-order valence-electron chi connectivity index (χ0n) is 17.0. The number of aryl methyl sites for hydroxylation is 2. The number of carbonyl (C=O) groups is 1. The number of nitrogens with one attached hydrogen (secondary N) is 1. The summed E-state index contributed by atoms with van der Waals surface area (Å²) in [6, 6.07) is 7.59. The number of anilines is 1. The van der Waals surface area contributed by atoms with Crippen molar-refractivity contribution in [3.05, 3.63) is 71.2 Å². The first-order chi connectivity index (χ1) is 14.3. The van der Waals surface area contributed by atoms with E-state index in [1.807, 2.05) is 20.8 Å². The molecule has 1 N–H and O–H groups in total. The van der Waals surface area contributed by atoms with Crippen molar-refractivity contribution in [2.75, 3.05) is 5.32 Å². The molecule has 0 saturated carbocycles. The molecular formula is C21H20FN7O. The molecule has 1 aromatic carbocycles. The highest BCUT2D eigenvalue weighted by molar-refractivity contribution is 6.03. The molecule has 0 radical (unpaired) electrons. The van der Waals surface area contributed by atoms with Crippen LogP contribution >= 0.6 is 0 Å². The molecule has 152 valence electrons. The van der Waals surface area contributed by atoms with Gasteiger partial charge in [0.15, 0.2) is 0 Å². The standard InChI is InChI=1S/C21H20FN7O/c1-12-13(2)26-29(14(12)3)21-23-10-17(11-24-21)25-20(30)19-9-18(27-28(19)4)15-5-7-16(22)8-6-15/h5-11H,1-4H3,(H,25,30). The maximum absolute atomic E-state index is 13.1. The van der Waals surface area contributed by atoms with E-state index < -0.39 is 0 Å². The van der Waals surface area contributed by atoms with Crippen LogP contribution in [0.1, 0.15) is 27.4 Å². The minimum absolute atomic E-state index is 0.327. The van der Waals surface area contributed by atoms with Gasteiger partial charge in [-0.25, -0.2) is 19.0 Å². The number of benzene rings is 1. The van der Waals surface area contributed by atoms with Gasteiger partial charge in [-0.3, -0.25) is 9.48 Å². The molecule has 0 bridgehead atoms. The van der Waals surface area contributed by atoms with E-state index in [1.54, 1.807) is 29.9 Å². The van der Waals surface area contributed by atoms with Crippen LogP contribution in [-0.2, 0) is 7.05 Å². The number of rotatable bonds is 4. The molecule has 3 heterocycles. The van der Waals surface area contributed by atoms with E-state index in [9.17, 15) is 9.18 Å². The first-order valence-corrected chi connectivity index (χ1v) is 9.30. The quantitative estimate of drug-likeness (QED) is 0.562. The Hall–Kier alpha value is -3.88. The predicted octanol–water partition coefficient (Wildman–Crippen LogP) is 3.38. The third-order valence-corrected chi connectivity index (χ3v) is 4.99. The number of halogens is 1. The lowest BCUT2D eigenvalue weighted by Crippen LogP contribution is -2.16. The average Bonchev–Trinajstić information content (AvgIpc) is 3.24. The van der Waals surface area contributed by atoms with Gasteiger partial charge in [-0.05, 0) is 56.7 Å². The lowest BCUT2D eigenvalue weighted by atomic mass is 10.1. The van der Waals surface area contributed by atoms with Gasteiger partial charge in [-0.2, -0.15) is 10.2 Å². The number of aromatic nitrogens is 6. The Morgan fingerprint density at radius 3 is 2.30 bits per heavy atom. The van der Waals surface area contributed by atoms with Crippen LogP contribution in [-0.4, -0.2) is 35.4 Å². The van der Waals surface area contributed by atoms with E-state index in [0.29, 0.717) is 23.0 Å². The van der Waals surface area contributed by atoms with Gasteiger partial charge in [0.25, 0.3) is 11.9 Å². The highest BCUT2D eigenvalue weighted by Crippen LogP contribution is 2.20. The lowest BCUT2D eigenvalue weighted by molar-refractivity contribution is 0.101. The summed E-state index contributed by atoms with van der Waals surface area (Å²) in [5.74, 6) is -0.246. The smallest absolute Gasteiger partial charge is 0.274 e. The van der Waals surface area contributed by atoms with E-state index in [4.69, 9.17) is 0 Å². The number of carbonyl (C=O) groups excluding carboxylic acids is 1. The summed E-state index contributed by atoms with van der Waals surface area (Å²) in [5, 5.41) is 11.5. The molecule has 0 aliphatic carbocycles. The van der Waals surface area contributed by atoms with Crippen molar-refractivity contribution in [1.29, 1.82) is 0 Å². The van der Waals surface area contributed by atoms with Crippen molar-refractivity contribution in [3.63, 3.8) is 0 Å². The van der Waals surface area contributed by atoms with Crippen LogP contribution in [0.15, 0.2) is 42.7 Å². The van der Waals surface area contributed by atoms with Crippen molar-refractivity contribution in [1.82, 2.24) is 29.5 Å². The summed E-state index contributed by atoms with van der Waals surface area (Å²) < 4.78 is 16.3. The molecule has 0 fully saturated rings. The fourth-order valence-corrected chi connectivity index (χ4v) is 3.05. The molecule has 0 saturated heterocycles. The average molecular weight is 405 g/mol. The summed E-state index contributed by atoms with van der Waals surface area (Å²) in [6.07, 6.45) is 3.06. The first-order valence-electron chi connectivity index (χ1n) is 9.30. The van der Waals surface area contributed by atoms with Gasteiger partial charge in [0, 0.05) is 18.3 Å². The highest BCUT2D eigenvalue weighted by atomic mass is 19.1. The summed E-state index contributed by atoms with van der Waals surface area (Å²) >= 11 is 0. The van der Waals surface area contributed by atoms with E-state index in [0.717, 1.165) is 22.5 Å². The Bertz CT molecular complexity index is 1220. The molecule has 9 heteroatoms. The Morgan fingerprint density at radius 1 is 1.03 bits per heavy atom. The fraction of sp³-hybridized carbons (Fsp3) is 0.190. The molecule has 30 heavy (non-hydrogen) atoms. The lowest BCUT2D eigenvalue weighted by Gasteiger charge is -2.06. The third kappa shape index (κ3) is 3.57. The zero-order chi connectivity index (χ0) is 21.4. The van der Waals surface area contributed by atoms with Gasteiger partial charge in [0.05, 0.1) is 29.5 Å². The second-order valence-electron chi connectivity index (χ2n) is 6.98. The predicted molar refractivity (Wildman–Crippen MR) is 110 cm³/mol. The SMILES string of the molecule is Cc1nn(-c2ncc(NC(=O)c3cc(-c4ccc(F)cc4)nn3C)cn2)c(C)c1C. The van der Waals surface area contributed by atoms with Crippen LogP contribution in [0.2, 0.25) is 0 Å². The van der Waals surface area contributed by atoms with Crippen LogP contribution < -0.4 is 5.32 Å². The van der Waals surface area contributed by atoms with Crippen LogP contribution in [0.3, 0.4) is 0 Å². The van der Waals surface area contributed by atoms with E-state index >= 15 is 0 Å². The van der Waals surface area contributed by atoms with E-state index in [-0.39, 0.29) is 11.7 Å². The maximum Gasteiger partial charge on any atom is 0.274 e. The highest BCUT2D eigenvalue weighted by Gasteiger charge is 2.16. The molecule has 4 aromatic rings. The van der Waals surface area contributed by atoms with Crippen molar-refractivity contribution < 1.29 is 9.18 Å². The Kier molecular flexibility index (Phi) is 4.86. The van der Waals surface area contributed by atoms with Crippen molar-refractivity contribution in [3.8, 4) is 17.2 Å². The third-order valence-electron chi connectivity index (χ3n) is 4.99. The van der Waals surface area contributed by atoms with E-state index in [1.165, 1.54) is 29.2 Å². The zero-order valence-corrected chi connectivity index (χ0v) is 17.0. The summed E-state index contributed by atoms with van der Waals surface area (Å²) in [6.45, 7) is 5.88. The summed E-state index contributed by atoms with van der Waals surface area (Å²) in [7, 11) is 1.67. The number of hydrogen-bond acceptors (Lipinski definition) is 5. The van der Waals surface area contributed by atoms with Gasteiger partial charge in [0.2, 0.25) is 0 Å². The normalized spacial score (nSPS) is 11.0. The topological polar surface area (TPSA) is 90.5 Å². The molecule has 1 amide bonds. The van der Waals surface area contributed by atoms with Gasteiger partial charge < -0.3 is 5.32 Å². The second-order valence-corrected chi connectivity index (χ2v) is 6.98. The van der Waals surface area contributed by atoms with Gasteiger partial charge in [-0.1, -0.05) is 0 Å². The monoisotopic (exact) mass is 405 g/mol. The Balaban J connectivity index is 1.53. The Labute approximate surface area is 172 Å². The molecule has 3 aromatic heterocycles. The molecular weight excluding hydrogens is 385 g/mol. The number of nitrogens with zero attached hydrogens (tertiary/aromatic N) is 6. The van der Waals surface area contributed by atoms with Crippen LogP contribution in [0, 0.1) is 26.6 Å². The first kappa shape index (κ1) is 19.4. The van der Waals surface area contributed by atoms with Gasteiger partial charge >= 0.3 is 0 Å². The maximum atomic E-state index is 13.1. The minimum Gasteiger partial charge on any atom is -0.318 e. The van der Waals surface area contributed by atoms with Crippen LogP contribution in [0.25, 0.3) is 17.2 Å². The molecule has 0 spiro atoms. The molecule has 4 rings (SSSR count). The molecule has 8 nitrogen and oxygen atoms in total. The van der Waals surface area contributed by atoms with Crippen LogP contribution in [0.4, 0.5) is 10.1 Å². The molecule has 0 aliphatic rings. The van der Waals surface area contributed by atoms with Crippen molar-refractivity contribution >= 4 is 11.6 Å². The number of amides is 1. The van der Waals surface area contributed by atoms with Crippen molar-refractivity contribution in [2.45, 2.75) is 20.8 Å². The van der Waals surface area contributed by atoms with Gasteiger partial charge in [0.1, 0.15) is 11.5 Å². The van der Waals surface area contributed by atoms with Crippen molar-refractivity contribution in [2.24, 2.45) is 7.05 Å². The van der Waals surface area contributed by atoms with Gasteiger partial charge in [-0.15, -0.1) is 0 Å². The molecule has 0 atom stereocenters. The fourth-order valence-electron chi connectivity index (χ4n) is 3.05. The van der Waals surface area contributed by atoms with E-state index in [2.05, 4.69) is 25.5 Å². The summed E-state index contributed by atoms with van der Waals surface area (Å²) in [4.78, 5) is 21.3.